The van der Waals surface area contributed by atoms with Gasteiger partial charge in [0.2, 0.25) is 5.91 Å². The standard InChI is InChI=1S/C21H34N4O2/c1-15(2)20(26)25-12-10-18(14-25)24-21(22-5)23-11-7-13-27-19-16(3)8-6-9-17(19)4/h6,8-9,15,18H,7,10-14H2,1-5H3,(H2,22,23,24). The van der Waals surface area contributed by atoms with Gasteiger partial charge in [-0.05, 0) is 37.8 Å². The Hall–Kier alpha value is -2.24. The van der Waals surface area contributed by atoms with Crippen LogP contribution in [0.1, 0.15) is 37.8 Å². The molecule has 0 saturated carbocycles. The van der Waals surface area contributed by atoms with E-state index >= 15 is 0 Å². The maximum absolute atomic E-state index is 12.1. The quantitative estimate of drug-likeness (QED) is 0.437. The zero-order valence-electron chi connectivity index (χ0n) is 17.3. The van der Waals surface area contributed by atoms with Crippen LogP contribution in [0.3, 0.4) is 0 Å². The summed E-state index contributed by atoms with van der Waals surface area (Å²) in [7, 11) is 1.77. The number of para-hydroxylation sites is 1. The van der Waals surface area contributed by atoms with Crippen molar-refractivity contribution in [3.63, 3.8) is 0 Å². The summed E-state index contributed by atoms with van der Waals surface area (Å²) < 4.78 is 5.93. The van der Waals surface area contributed by atoms with Gasteiger partial charge in [0, 0.05) is 38.6 Å². The van der Waals surface area contributed by atoms with Crippen molar-refractivity contribution >= 4 is 11.9 Å². The number of aliphatic imine (C=N–C) groups is 1. The number of nitrogens with zero attached hydrogens (tertiary/aromatic N) is 2. The van der Waals surface area contributed by atoms with Crippen LogP contribution < -0.4 is 15.4 Å². The third-order valence-corrected chi connectivity index (χ3v) is 4.83. The summed E-state index contributed by atoms with van der Waals surface area (Å²) in [5.74, 6) is 2.05. The summed E-state index contributed by atoms with van der Waals surface area (Å²) in [5.41, 5.74) is 2.34. The summed E-state index contributed by atoms with van der Waals surface area (Å²) in [6, 6.07) is 6.45. The van der Waals surface area contributed by atoms with Crippen LogP contribution in [0.15, 0.2) is 23.2 Å². The zero-order valence-corrected chi connectivity index (χ0v) is 17.3. The highest BCUT2D eigenvalue weighted by Gasteiger charge is 2.27. The lowest BCUT2D eigenvalue weighted by molar-refractivity contribution is -0.133. The van der Waals surface area contributed by atoms with E-state index in [1.165, 1.54) is 11.1 Å². The topological polar surface area (TPSA) is 66.0 Å². The van der Waals surface area contributed by atoms with E-state index in [1.54, 1.807) is 7.05 Å². The van der Waals surface area contributed by atoms with Crippen molar-refractivity contribution in [2.24, 2.45) is 10.9 Å². The van der Waals surface area contributed by atoms with E-state index in [0.29, 0.717) is 6.61 Å². The average Bonchev–Trinajstić information content (AvgIpc) is 3.10. The molecule has 2 N–H and O–H groups in total. The second-order valence-corrected chi connectivity index (χ2v) is 7.49. The van der Waals surface area contributed by atoms with Gasteiger partial charge in [0.1, 0.15) is 5.75 Å². The predicted octanol–water partition coefficient (Wildman–Crippen LogP) is 2.49. The van der Waals surface area contributed by atoms with Gasteiger partial charge in [-0.3, -0.25) is 9.79 Å². The maximum Gasteiger partial charge on any atom is 0.225 e. The molecule has 1 amide bonds. The molecule has 6 nitrogen and oxygen atoms in total. The number of carbonyl (C=O) groups excluding carboxylic acids is 1. The van der Waals surface area contributed by atoms with Crippen molar-refractivity contribution < 1.29 is 9.53 Å². The Bertz CT molecular complexity index is 637. The summed E-state index contributed by atoms with van der Waals surface area (Å²) >= 11 is 0. The molecular formula is C21H34N4O2. The number of guanidine groups is 1. The van der Waals surface area contributed by atoms with E-state index in [0.717, 1.165) is 44.2 Å². The third-order valence-electron chi connectivity index (χ3n) is 4.83. The first-order valence-corrected chi connectivity index (χ1v) is 9.87. The van der Waals surface area contributed by atoms with Crippen LogP contribution >= 0.6 is 0 Å². The molecule has 0 radical (unpaired) electrons. The number of carbonyl (C=O) groups is 1. The monoisotopic (exact) mass is 374 g/mol. The fourth-order valence-corrected chi connectivity index (χ4v) is 3.31. The molecule has 1 unspecified atom stereocenters. The number of hydrogen-bond donors (Lipinski definition) is 2. The van der Waals surface area contributed by atoms with Crippen molar-refractivity contribution in [2.75, 3.05) is 33.3 Å². The van der Waals surface area contributed by atoms with Gasteiger partial charge in [-0.1, -0.05) is 32.0 Å². The lowest BCUT2D eigenvalue weighted by Gasteiger charge is -2.20. The number of likely N-dealkylation sites (tertiary alicyclic amines) is 1. The van der Waals surface area contributed by atoms with E-state index in [4.69, 9.17) is 4.74 Å². The first-order chi connectivity index (χ1) is 12.9. The third kappa shape index (κ3) is 6.15. The Kier molecular flexibility index (Phi) is 7.95. The highest BCUT2D eigenvalue weighted by atomic mass is 16.5. The van der Waals surface area contributed by atoms with E-state index in [9.17, 15) is 4.79 Å². The second-order valence-electron chi connectivity index (χ2n) is 7.49. The van der Waals surface area contributed by atoms with Crippen LogP contribution in [0.4, 0.5) is 0 Å². The smallest absolute Gasteiger partial charge is 0.225 e. The first-order valence-electron chi connectivity index (χ1n) is 9.87. The normalized spacial score (nSPS) is 17.3. The van der Waals surface area contributed by atoms with Gasteiger partial charge >= 0.3 is 0 Å². The van der Waals surface area contributed by atoms with E-state index < -0.39 is 0 Å². The van der Waals surface area contributed by atoms with Crippen molar-refractivity contribution in [3.8, 4) is 5.75 Å². The molecular weight excluding hydrogens is 340 g/mol. The van der Waals surface area contributed by atoms with E-state index in [1.807, 2.05) is 24.8 Å². The number of benzene rings is 1. The molecule has 1 heterocycles. The van der Waals surface area contributed by atoms with Gasteiger partial charge in [-0.15, -0.1) is 0 Å². The van der Waals surface area contributed by atoms with Gasteiger partial charge < -0.3 is 20.3 Å². The molecule has 1 aliphatic rings. The molecule has 150 valence electrons. The van der Waals surface area contributed by atoms with Gasteiger partial charge in [0.25, 0.3) is 0 Å². The Morgan fingerprint density at radius 2 is 2.04 bits per heavy atom. The van der Waals surface area contributed by atoms with Crippen LogP contribution in [0, 0.1) is 19.8 Å². The summed E-state index contributed by atoms with van der Waals surface area (Å²) in [4.78, 5) is 18.3. The molecule has 0 aromatic heterocycles. The highest BCUT2D eigenvalue weighted by Crippen LogP contribution is 2.22. The fourth-order valence-electron chi connectivity index (χ4n) is 3.31. The summed E-state index contributed by atoms with van der Waals surface area (Å²) in [6.45, 7) is 11.0. The molecule has 27 heavy (non-hydrogen) atoms. The van der Waals surface area contributed by atoms with E-state index in [2.05, 4.69) is 41.6 Å². The van der Waals surface area contributed by atoms with Crippen molar-refractivity contribution in [1.82, 2.24) is 15.5 Å². The largest absolute Gasteiger partial charge is 0.493 e. The lowest BCUT2D eigenvalue weighted by atomic mass is 10.1. The Morgan fingerprint density at radius 1 is 1.33 bits per heavy atom. The van der Waals surface area contributed by atoms with Crippen LogP contribution in [-0.2, 0) is 4.79 Å². The number of amides is 1. The maximum atomic E-state index is 12.1. The van der Waals surface area contributed by atoms with Crippen LogP contribution in [-0.4, -0.2) is 56.1 Å². The molecule has 1 fully saturated rings. The predicted molar refractivity (Wildman–Crippen MR) is 110 cm³/mol. The minimum Gasteiger partial charge on any atom is -0.493 e. The van der Waals surface area contributed by atoms with Crippen molar-refractivity contribution in [1.29, 1.82) is 0 Å². The van der Waals surface area contributed by atoms with Crippen LogP contribution in [0.25, 0.3) is 0 Å². The molecule has 0 bridgehead atoms. The highest BCUT2D eigenvalue weighted by molar-refractivity contribution is 5.81. The Morgan fingerprint density at radius 3 is 2.67 bits per heavy atom. The molecule has 1 atom stereocenters. The molecule has 1 saturated heterocycles. The number of hydrogen-bond acceptors (Lipinski definition) is 3. The fraction of sp³-hybridized carbons (Fsp3) is 0.619. The van der Waals surface area contributed by atoms with Crippen molar-refractivity contribution in [2.45, 2.75) is 46.6 Å². The molecule has 1 aromatic rings. The van der Waals surface area contributed by atoms with E-state index in [-0.39, 0.29) is 17.9 Å². The van der Waals surface area contributed by atoms with Crippen LogP contribution in [0.2, 0.25) is 0 Å². The number of aryl methyl sites for hydroxylation is 2. The average molecular weight is 375 g/mol. The molecule has 0 spiro atoms. The zero-order chi connectivity index (χ0) is 19.8. The summed E-state index contributed by atoms with van der Waals surface area (Å²) in [5, 5.41) is 6.75. The lowest BCUT2D eigenvalue weighted by Crippen LogP contribution is -2.45. The van der Waals surface area contributed by atoms with Gasteiger partial charge in [-0.25, -0.2) is 0 Å². The SMILES string of the molecule is CN=C(NCCCOc1c(C)cccc1C)NC1CCN(C(=O)C(C)C)C1. The minimum absolute atomic E-state index is 0.0538. The molecule has 2 rings (SSSR count). The number of ether oxygens (including phenoxy) is 1. The second kappa shape index (κ2) is 10.2. The molecule has 0 aliphatic carbocycles. The summed E-state index contributed by atoms with van der Waals surface area (Å²) in [6.07, 6.45) is 1.84. The van der Waals surface area contributed by atoms with Gasteiger partial charge in [0.05, 0.1) is 6.61 Å². The van der Waals surface area contributed by atoms with Crippen LogP contribution in [0.5, 0.6) is 5.75 Å². The molecule has 6 heteroatoms. The Labute approximate surface area is 163 Å². The molecule has 1 aromatic carbocycles. The Balaban J connectivity index is 1.68. The number of nitrogens with one attached hydrogen (secondary N) is 2. The van der Waals surface area contributed by atoms with Gasteiger partial charge in [-0.2, -0.15) is 0 Å². The van der Waals surface area contributed by atoms with Crippen molar-refractivity contribution in [3.05, 3.63) is 29.3 Å². The van der Waals surface area contributed by atoms with Gasteiger partial charge in [0.15, 0.2) is 5.96 Å². The minimum atomic E-state index is 0.0538. The molecule has 1 aliphatic heterocycles. The first kappa shape index (κ1) is 21.1. The number of rotatable bonds is 7.